The molecule has 1 heterocycles. The molecular weight excluding hydrogens is 314 g/mol. The number of hydrogen-bond donors (Lipinski definition) is 2. The number of aliphatic carboxylic acids is 1. The maximum atomic E-state index is 11.8. The smallest absolute Gasteiger partial charge is 0.339 e. The molecule has 2 N–H and O–H groups in total. The van der Waals surface area contributed by atoms with Gasteiger partial charge in [-0.05, 0) is 38.5 Å². The van der Waals surface area contributed by atoms with E-state index in [1.165, 1.54) is 0 Å². The van der Waals surface area contributed by atoms with Crippen LogP contribution in [0.15, 0.2) is 27.4 Å². The molecule has 0 aliphatic rings. The van der Waals surface area contributed by atoms with Gasteiger partial charge in [-0.2, -0.15) is 0 Å². The first kappa shape index (κ1) is 17.5. The van der Waals surface area contributed by atoms with Crippen LogP contribution in [0.2, 0.25) is 0 Å². The minimum atomic E-state index is -0.987. The third kappa shape index (κ3) is 3.92. The van der Waals surface area contributed by atoms with Gasteiger partial charge in [0, 0.05) is 23.6 Å². The zero-order valence-corrected chi connectivity index (χ0v) is 13.7. The molecule has 128 valence electrons. The van der Waals surface area contributed by atoms with Gasteiger partial charge in [0.2, 0.25) is 0 Å². The minimum Gasteiger partial charge on any atom is -0.481 e. The number of carbonyl (C=O) groups is 2. The summed E-state index contributed by atoms with van der Waals surface area (Å²) >= 11 is 0. The number of fused-ring (bicyclic) bond motifs is 1. The summed E-state index contributed by atoms with van der Waals surface area (Å²) in [4.78, 5) is 34.0. The maximum Gasteiger partial charge on any atom is 0.339 e. The van der Waals surface area contributed by atoms with Crippen LogP contribution in [0.4, 0.5) is 0 Å². The highest BCUT2D eigenvalue weighted by molar-refractivity contribution is 5.83. The fourth-order valence-electron chi connectivity index (χ4n) is 2.20. The molecule has 24 heavy (non-hydrogen) atoms. The van der Waals surface area contributed by atoms with Crippen LogP contribution in [0.3, 0.4) is 0 Å². The van der Waals surface area contributed by atoms with Crippen LogP contribution in [-0.2, 0) is 9.59 Å². The molecule has 0 fully saturated rings. The van der Waals surface area contributed by atoms with Crippen molar-refractivity contribution in [1.29, 1.82) is 0 Å². The van der Waals surface area contributed by atoms with E-state index < -0.39 is 23.6 Å². The minimum absolute atomic E-state index is 0.0347. The Morgan fingerprint density at radius 3 is 2.67 bits per heavy atom. The number of nitrogens with one attached hydrogen (secondary N) is 1. The highest BCUT2D eigenvalue weighted by Crippen LogP contribution is 2.24. The van der Waals surface area contributed by atoms with E-state index in [-0.39, 0.29) is 13.0 Å². The van der Waals surface area contributed by atoms with Crippen LogP contribution in [0, 0.1) is 13.8 Å². The number of amides is 1. The van der Waals surface area contributed by atoms with Gasteiger partial charge in [0.1, 0.15) is 11.3 Å². The van der Waals surface area contributed by atoms with Gasteiger partial charge in [-0.15, -0.1) is 0 Å². The second kappa shape index (κ2) is 7.16. The Morgan fingerprint density at radius 2 is 2.00 bits per heavy atom. The number of rotatable bonds is 6. The third-order valence-electron chi connectivity index (χ3n) is 3.75. The third-order valence-corrected chi connectivity index (χ3v) is 3.75. The number of aryl methyl sites for hydroxylation is 1. The summed E-state index contributed by atoms with van der Waals surface area (Å²) in [6.45, 7) is 5.13. The fourth-order valence-corrected chi connectivity index (χ4v) is 2.20. The molecule has 2 rings (SSSR count). The number of hydrogen-bond acceptors (Lipinski definition) is 5. The summed E-state index contributed by atoms with van der Waals surface area (Å²) in [6, 6.07) is 5.02. The molecular formula is C17H19NO6. The van der Waals surface area contributed by atoms with Gasteiger partial charge in [0.25, 0.3) is 5.91 Å². The van der Waals surface area contributed by atoms with Crippen LogP contribution >= 0.6 is 0 Å². The molecule has 0 saturated carbocycles. The van der Waals surface area contributed by atoms with Gasteiger partial charge >= 0.3 is 11.6 Å². The Morgan fingerprint density at radius 1 is 1.29 bits per heavy atom. The number of carboxylic acids is 1. The summed E-state index contributed by atoms with van der Waals surface area (Å²) in [5.74, 6) is -1.02. The van der Waals surface area contributed by atoms with E-state index in [2.05, 4.69) is 5.32 Å². The highest BCUT2D eigenvalue weighted by atomic mass is 16.5. The normalized spacial score (nSPS) is 12.0. The topological polar surface area (TPSA) is 106 Å². The lowest BCUT2D eigenvalue weighted by Gasteiger charge is -2.15. The molecule has 0 radical (unpaired) electrons. The molecule has 0 bridgehead atoms. The average Bonchev–Trinajstić information content (AvgIpc) is 2.52. The van der Waals surface area contributed by atoms with Crippen molar-refractivity contribution in [2.75, 3.05) is 6.54 Å². The fraction of sp³-hybridized carbons (Fsp3) is 0.353. The molecule has 0 spiro atoms. The Balaban J connectivity index is 2.12. The Hall–Kier alpha value is -2.83. The van der Waals surface area contributed by atoms with E-state index >= 15 is 0 Å². The summed E-state index contributed by atoms with van der Waals surface area (Å²) in [5, 5.41) is 11.8. The van der Waals surface area contributed by atoms with E-state index in [0.717, 1.165) is 10.9 Å². The molecule has 1 aromatic heterocycles. The lowest BCUT2D eigenvalue weighted by Crippen LogP contribution is -2.37. The number of ether oxygens (including phenoxy) is 1. The van der Waals surface area contributed by atoms with Crippen molar-refractivity contribution in [2.24, 2.45) is 0 Å². The molecule has 0 aliphatic heterocycles. The van der Waals surface area contributed by atoms with Crippen LogP contribution < -0.4 is 15.7 Å². The molecule has 0 aliphatic carbocycles. The predicted octanol–water partition coefficient (Wildman–Crippen LogP) is 1.77. The Labute approximate surface area is 138 Å². The van der Waals surface area contributed by atoms with Crippen molar-refractivity contribution in [1.82, 2.24) is 5.32 Å². The molecule has 1 aromatic carbocycles. The Kier molecular flexibility index (Phi) is 5.23. The Bertz CT molecular complexity index is 839. The van der Waals surface area contributed by atoms with Crippen molar-refractivity contribution >= 4 is 22.8 Å². The van der Waals surface area contributed by atoms with Crippen LogP contribution in [-0.4, -0.2) is 29.6 Å². The van der Waals surface area contributed by atoms with Gasteiger partial charge in [0.05, 0.1) is 6.42 Å². The van der Waals surface area contributed by atoms with E-state index in [1.807, 2.05) is 6.92 Å². The monoisotopic (exact) mass is 333 g/mol. The van der Waals surface area contributed by atoms with Gasteiger partial charge in [-0.25, -0.2) is 4.79 Å². The molecule has 0 saturated heterocycles. The molecule has 1 atom stereocenters. The van der Waals surface area contributed by atoms with Gasteiger partial charge < -0.3 is 19.6 Å². The molecule has 7 heteroatoms. The second-order valence-corrected chi connectivity index (χ2v) is 5.49. The number of benzene rings is 1. The van der Waals surface area contributed by atoms with Crippen molar-refractivity contribution < 1.29 is 23.8 Å². The summed E-state index contributed by atoms with van der Waals surface area (Å²) in [5.41, 5.74) is 1.38. The second-order valence-electron chi connectivity index (χ2n) is 5.49. The average molecular weight is 333 g/mol. The molecule has 2 aromatic rings. The van der Waals surface area contributed by atoms with Gasteiger partial charge in [0.15, 0.2) is 6.10 Å². The first-order valence-corrected chi connectivity index (χ1v) is 7.50. The first-order valence-electron chi connectivity index (χ1n) is 7.50. The summed E-state index contributed by atoms with van der Waals surface area (Å²) < 4.78 is 10.8. The van der Waals surface area contributed by atoms with E-state index in [0.29, 0.717) is 16.9 Å². The zero-order chi connectivity index (χ0) is 17.9. The van der Waals surface area contributed by atoms with Crippen LogP contribution in [0.25, 0.3) is 11.0 Å². The summed E-state index contributed by atoms with van der Waals surface area (Å²) in [6.07, 6.45) is -0.965. The quantitative estimate of drug-likeness (QED) is 0.780. The zero-order valence-electron chi connectivity index (χ0n) is 13.7. The largest absolute Gasteiger partial charge is 0.481 e. The van der Waals surface area contributed by atoms with Gasteiger partial charge in [-0.3, -0.25) is 9.59 Å². The molecule has 1 amide bonds. The summed E-state index contributed by atoms with van der Waals surface area (Å²) in [7, 11) is 0. The lowest BCUT2D eigenvalue weighted by molar-refractivity contribution is -0.137. The van der Waals surface area contributed by atoms with Crippen molar-refractivity contribution in [3.63, 3.8) is 0 Å². The van der Waals surface area contributed by atoms with E-state index in [1.54, 1.807) is 32.0 Å². The number of carbonyl (C=O) groups excluding carboxylic acids is 1. The van der Waals surface area contributed by atoms with Crippen molar-refractivity contribution in [3.05, 3.63) is 39.7 Å². The maximum absolute atomic E-state index is 11.8. The van der Waals surface area contributed by atoms with Crippen molar-refractivity contribution in [2.45, 2.75) is 33.3 Å². The number of carboxylic acid groups (broad SMARTS) is 1. The van der Waals surface area contributed by atoms with E-state index in [4.69, 9.17) is 14.3 Å². The SMILES string of the molecule is Cc1c(C)c2ccc(OC(C)C(=O)NCCC(=O)O)cc2oc1=O. The van der Waals surface area contributed by atoms with Gasteiger partial charge in [-0.1, -0.05) is 0 Å². The van der Waals surface area contributed by atoms with E-state index in [9.17, 15) is 14.4 Å². The molecule has 1 unspecified atom stereocenters. The predicted molar refractivity (Wildman–Crippen MR) is 87.3 cm³/mol. The van der Waals surface area contributed by atoms with Crippen LogP contribution in [0.1, 0.15) is 24.5 Å². The molecule has 7 nitrogen and oxygen atoms in total. The van der Waals surface area contributed by atoms with Crippen molar-refractivity contribution in [3.8, 4) is 5.75 Å². The first-order chi connectivity index (χ1) is 11.3. The highest BCUT2D eigenvalue weighted by Gasteiger charge is 2.16. The standard InChI is InChI=1S/C17H19NO6/c1-9-10(2)17(22)24-14-8-12(4-5-13(9)14)23-11(3)16(21)18-7-6-15(19)20/h4-5,8,11H,6-7H2,1-3H3,(H,18,21)(H,19,20). The van der Waals surface area contributed by atoms with Crippen LogP contribution in [0.5, 0.6) is 5.75 Å². The lowest BCUT2D eigenvalue weighted by atomic mass is 10.1.